The van der Waals surface area contributed by atoms with Crippen LogP contribution in [0.1, 0.15) is 51.0 Å². The molecule has 3 aliphatic rings. The minimum absolute atomic E-state index is 0.249. The molecule has 3 fully saturated rings. The highest BCUT2D eigenvalue weighted by molar-refractivity contribution is 7.99. The number of fused-ring (bicyclic) bond motifs is 1. The monoisotopic (exact) mass is 321 g/mol. The number of hydrogen-bond acceptors (Lipinski definition) is 5. The molecular weight excluding hydrogens is 298 g/mol. The maximum atomic E-state index is 12.5. The van der Waals surface area contributed by atoms with Gasteiger partial charge in [-0.25, -0.2) is 4.68 Å². The second-order valence-corrected chi connectivity index (χ2v) is 7.80. The van der Waals surface area contributed by atoms with E-state index in [4.69, 9.17) is 0 Å². The lowest BCUT2D eigenvalue weighted by molar-refractivity contribution is -0.131. The standard InChI is InChI=1S/C15H23N5OS/c21-14(10-22-15-16-17-18-20(15)13-5-6-13)19-8-7-11-3-1-2-4-12(11)9-19/h11-13H,1-10H2/t11-,12+/m0/s1. The Morgan fingerprint density at radius 3 is 2.77 bits per heavy atom. The van der Waals surface area contributed by atoms with Crippen molar-refractivity contribution in [2.24, 2.45) is 11.8 Å². The Bertz CT molecular complexity index is 544. The summed E-state index contributed by atoms with van der Waals surface area (Å²) in [6.07, 6.45) is 8.91. The number of piperidine rings is 1. The Morgan fingerprint density at radius 2 is 1.95 bits per heavy atom. The lowest BCUT2D eigenvalue weighted by Crippen LogP contribution is -2.45. The molecule has 0 radical (unpaired) electrons. The summed E-state index contributed by atoms with van der Waals surface area (Å²) < 4.78 is 1.88. The topological polar surface area (TPSA) is 63.9 Å². The van der Waals surface area contributed by atoms with Gasteiger partial charge in [0.2, 0.25) is 11.1 Å². The van der Waals surface area contributed by atoms with Crippen LogP contribution in [0.4, 0.5) is 0 Å². The summed E-state index contributed by atoms with van der Waals surface area (Å²) in [5.74, 6) is 2.32. The molecule has 2 heterocycles. The van der Waals surface area contributed by atoms with E-state index in [2.05, 4.69) is 20.4 Å². The maximum Gasteiger partial charge on any atom is 0.233 e. The molecule has 4 rings (SSSR count). The molecule has 1 amide bonds. The van der Waals surface area contributed by atoms with Gasteiger partial charge in [0, 0.05) is 13.1 Å². The molecule has 0 aromatic carbocycles. The molecule has 1 aliphatic heterocycles. The number of likely N-dealkylation sites (tertiary alicyclic amines) is 1. The van der Waals surface area contributed by atoms with E-state index in [9.17, 15) is 4.79 Å². The van der Waals surface area contributed by atoms with Crippen LogP contribution >= 0.6 is 11.8 Å². The van der Waals surface area contributed by atoms with Crippen molar-refractivity contribution < 1.29 is 4.79 Å². The van der Waals surface area contributed by atoms with Crippen LogP contribution in [0.3, 0.4) is 0 Å². The quantitative estimate of drug-likeness (QED) is 0.795. The van der Waals surface area contributed by atoms with Crippen molar-refractivity contribution in [3.05, 3.63) is 0 Å². The zero-order valence-electron chi connectivity index (χ0n) is 12.9. The fraction of sp³-hybridized carbons (Fsp3) is 0.867. The zero-order chi connectivity index (χ0) is 14.9. The molecule has 7 heteroatoms. The first-order valence-corrected chi connectivity index (χ1v) is 9.48. The van der Waals surface area contributed by atoms with Gasteiger partial charge >= 0.3 is 0 Å². The van der Waals surface area contributed by atoms with E-state index >= 15 is 0 Å². The maximum absolute atomic E-state index is 12.5. The largest absolute Gasteiger partial charge is 0.342 e. The minimum atomic E-state index is 0.249. The highest BCUT2D eigenvalue weighted by atomic mass is 32.2. The van der Waals surface area contributed by atoms with E-state index in [1.165, 1.54) is 43.9 Å². The Hall–Kier alpha value is -1.11. The second-order valence-electron chi connectivity index (χ2n) is 6.86. The molecule has 0 unspecified atom stereocenters. The van der Waals surface area contributed by atoms with Gasteiger partial charge in [0.05, 0.1) is 11.8 Å². The molecule has 22 heavy (non-hydrogen) atoms. The molecular formula is C15H23N5OS. The summed E-state index contributed by atoms with van der Waals surface area (Å²) in [7, 11) is 0. The van der Waals surface area contributed by atoms with Crippen LogP contribution in [0.25, 0.3) is 0 Å². The van der Waals surface area contributed by atoms with Crippen LogP contribution < -0.4 is 0 Å². The molecule has 0 spiro atoms. The first-order valence-electron chi connectivity index (χ1n) is 8.49. The van der Waals surface area contributed by atoms with Crippen LogP contribution in [0.5, 0.6) is 0 Å². The van der Waals surface area contributed by atoms with Gasteiger partial charge in [0.1, 0.15) is 0 Å². The molecule has 0 N–H and O–H groups in total. The van der Waals surface area contributed by atoms with Gasteiger partial charge in [0.15, 0.2) is 0 Å². The van der Waals surface area contributed by atoms with E-state index in [-0.39, 0.29) is 5.91 Å². The molecule has 1 aromatic rings. The van der Waals surface area contributed by atoms with Crippen molar-refractivity contribution in [2.75, 3.05) is 18.8 Å². The fourth-order valence-corrected chi connectivity index (χ4v) is 4.72. The first kappa shape index (κ1) is 14.5. The Morgan fingerprint density at radius 1 is 1.14 bits per heavy atom. The molecule has 2 aliphatic carbocycles. The number of tetrazole rings is 1. The van der Waals surface area contributed by atoms with Crippen molar-refractivity contribution in [1.82, 2.24) is 25.1 Å². The number of hydrogen-bond donors (Lipinski definition) is 0. The average Bonchev–Trinajstić information content (AvgIpc) is 3.30. The minimum Gasteiger partial charge on any atom is -0.342 e. The predicted molar refractivity (Wildman–Crippen MR) is 83.5 cm³/mol. The third-order valence-electron chi connectivity index (χ3n) is 5.32. The van der Waals surface area contributed by atoms with Crippen LogP contribution in [0.2, 0.25) is 0 Å². The lowest BCUT2D eigenvalue weighted by atomic mass is 9.75. The van der Waals surface area contributed by atoms with Crippen molar-refractivity contribution in [2.45, 2.75) is 56.1 Å². The summed E-state index contributed by atoms with van der Waals surface area (Å²) in [5.41, 5.74) is 0. The number of rotatable bonds is 4. The highest BCUT2D eigenvalue weighted by Crippen LogP contribution is 2.37. The van der Waals surface area contributed by atoms with E-state index in [1.807, 2.05) is 4.68 Å². The molecule has 0 bridgehead atoms. The molecule has 6 nitrogen and oxygen atoms in total. The molecule has 120 valence electrons. The van der Waals surface area contributed by atoms with Gasteiger partial charge in [-0.3, -0.25) is 4.79 Å². The lowest BCUT2D eigenvalue weighted by Gasteiger charge is -2.41. The molecule has 1 saturated heterocycles. The SMILES string of the molecule is O=C(CSc1nnnn1C1CC1)N1CC[C@@H]2CCCC[C@@H]2C1. The number of thioether (sulfide) groups is 1. The van der Waals surface area contributed by atoms with Crippen LogP contribution in [-0.4, -0.2) is 49.9 Å². The van der Waals surface area contributed by atoms with Gasteiger partial charge in [-0.05, 0) is 47.9 Å². The normalized spacial score (nSPS) is 28.5. The number of amides is 1. The molecule has 1 aromatic heterocycles. The van der Waals surface area contributed by atoms with E-state index in [0.29, 0.717) is 11.8 Å². The zero-order valence-corrected chi connectivity index (χ0v) is 13.7. The van der Waals surface area contributed by atoms with Gasteiger partial charge in [0.25, 0.3) is 0 Å². The predicted octanol–water partition coefficient (Wildman–Crippen LogP) is 2.14. The summed E-state index contributed by atoms with van der Waals surface area (Å²) in [6.45, 7) is 1.91. The van der Waals surface area contributed by atoms with Crippen LogP contribution in [0, 0.1) is 11.8 Å². The first-order chi connectivity index (χ1) is 10.8. The number of nitrogens with zero attached hydrogens (tertiary/aromatic N) is 5. The van der Waals surface area contributed by atoms with Gasteiger partial charge in [-0.2, -0.15) is 0 Å². The van der Waals surface area contributed by atoms with Crippen molar-refractivity contribution in [3.8, 4) is 0 Å². The van der Waals surface area contributed by atoms with Gasteiger partial charge in [-0.15, -0.1) is 5.10 Å². The van der Waals surface area contributed by atoms with Crippen molar-refractivity contribution in [1.29, 1.82) is 0 Å². The third-order valence-corrected chi connectivity index (χ3v) is 6.24. The second kappa shape index (κ2) is 6.18. The van der Waals surface area contributed by atoms with Crippen LogP contribution in [-0.2, 0) is 4.79 Å². The summed E-state index contributed by atoms with van der Waals surface area (Å²) >= 11 is 1.49. The van der Waals surface area contributed by atoms with Crippen molar-refractivity contribution in [3.63, 3.8) is 0 Å². The van der Waals surface area contributed by atoms with Gasteiger partial charge < -0.3 is 4.90 Å². The summed E-state index contributed by atoms with van der Waals surface area (Å²) in [5, 5.41) is 12.6. The van der Waals surface area contributed by atoms with Crippen molar-refractivity contribution >= 4 is 17.7 Å². The summed E-state index contributed by atoms with van der Waals surface area (Å²) in [6, 6.07) is 0.464. The van der Waals surface area contributed by atoms with E-state index in [0.717, 1.165) is 42.9 Å². The smallest absolute Gasteiger partial charge is 0.233 e. The number of carbonyl (C=O) groups excluding carboxylic acids is 1. The average molecular weight is 321 g/mol. The summed E-state index contributed by atoms with van der Waals surface area (Å²) in [4.78, 5) is 14.6. The third kappa shape index (κ3) is 3.00. The van der Waals surface area contributed by atoms with Gasteiger partial charge in [-0.1, -0.05) is 31.0 Å². The number of aromatic nitrogens is 4. The fourth-order valence-electron chi connectivity index (χ4n) is 3.87. The van der Waals surface area contributed by atoms with E-state index in [1.54, 1.807) is 0 Å². The van der Waals surface area contributed by atoms with E-state index < -0.39 is 0 Å². The van der Waals surface area contributed by atoms with Crippen LogP contribution in [0.15, 0.2) is 5.16 Å². The Labute approximate surface area is 135 Å². The highest BCUT2D eigenvalue weighted by Gasteiger charge is 2.33. The Kier molecular flexibility index (Phi) is 4.07. The molecule has 2 saturated carbocycles. The number of carbonyl (C=O) groups is 1. The Balaban J connectivity index is 1.31. The molecule has 2 atom stereocenters.